The van der Waals surface area contributed by atoms with Crippen LogP contribution in [0.1, 0.15) is 148 Å². The van der Waals surface area contributed by atoms with Crippen molar-refractivity contribution >= 4 is 15.8 Å². The van der Waals surface area contributed by atoms with E-state index in [4.69, 9.17) is 10.00 Å². The molecule has 1 aromatic carbocycles. The third-order valence-corrected chi connectivity index (χ3v) is 12.9. The Labute approximate surface area is 325 Å². The van der Waals surface area contributed by atoms with E-state index in [0.29, 0.717) is 12.5 Å². The second-order valence-electron chi connectivity index (χ2n) is 15.1. The molecule has 4 rings (SSSR count). The summed E-state index contributed by atoms with van der Waals surface area (Å²) in [4.78, 5) is 14.7. The fourth-order valence-corrected chi connectivity index (χ4v) is 9.05. The first-order valence-corrected chi connectivity index (χ1v) is 21.9. The number of halogens is 4. The van der Waals surface area contributed by atoms with Crippen LogP contribution < -0.4 is 5.32 Å². The highest BCUT2D eigenvalue weighted by molar-refractivity contribution is 7.92. The Morgan fingerprint density at radius 2 is 1.49 bits per heavy atom. The third kappa shape index (κ3) is 15.4. The van der Waals surface area contributed by atoms with E-state index in [1.807, 2.05) is 0 Å². The van der Waals surface area contributed by atoms with Crippen LogP contribution in [-0.2, 0) is 25.5 Å². The van der Waals surface area contributed by atoms with Crippen LogP contribution in [0.15, 0.2) is 41.4 Å². The van der Waals surface area contributed by atoms with Crippen molar-refractivity contribution in [3.05, 3.63) is 47.9 Å². The first kappa shape index (κ1) is 46.3. The SMILES string of the molecule is CCCCCCCCCCNC1(C#N)CC1.CCCCCCCCCCO[C@@H]1C[C@H](S(=O)(=O)c2ccc(-c3ccc(F)cn3)cc2C(F)(F)F)C[C@H]1C(=O)O. The molecule has 2 fully saturated rings. The molecule has 0 spiro atoms. The van der Waals surface area contributed by atoms with Crippen LogP contribution in [0.3, 0.4) is 0 Å². The van der Waals surface area contributed by atoms with Crippen molar-refractivity contribution in [3.8, 4) is 17.3 Å². The Morgan fingerprint density at radius 3 is 2.00 bits per heavy atom. The average molecular weight is 796 g/mol. The van der Waals surface area contributed by atoms with E-state index in [1.165, 1.54) is 89.2 Å². The summed E-state index contributed by atoms with van der Waals surface area (Å²) in [5, 5.41) is 20.6. The van der Waals surface area contributed by atoms with Gasteiger partial charge in [-0.2, -0.15) is 18.4 Å². The van der Waals surface area contributed by atoms with E-state index in [9.17, 15) is 35.9 Å². The molecule has 2 aliphatic rings. The summed E-state index contributed by atoms with van der Waals surface area (Å²) in [5.74, 6) is -3.03. The Bertz CT molecular complexity index is 1590. The number of nitriles is 1. The largest absolute Gasteiger partial charge is 0.481 e. The first-order valence-electron chi connectivity index (χ1n) is 20.4. The molecule has 0 amide bonds. The zero-order chi connectivity index (χ0) is 40.3. The van der Waals surface area contributed by atoms with E-state index >= 15 is 0 Å². The zero-order valence-corrected chi connectivity index (χ0v) is 33.5. The minimum Gasteiger partial charge on any atom is -0.481 e. The van der Waals surface area contributed by atoms with Gasteiger partial charge < -0.3 is 9.84 Å². The number of benzene rings is 1. The van der Waals surface area contributed by atoms with Gasteiger partial charge in [0.05, 0.1) is 45.7 Å². The number of nitrogens with zero attached hydrogens (tertiary/aromatic N) is 2. The lowest BCUT2D eigenvalue weighted by Crippen LogP contribution is -2.30. The van der Waals surface area contributed by atoms with Gasteiger partial charge in [0.2, 0.25) is 0 Å². The molecule has 0 bridgehead atoms. The summed E-state index contributed by atoms with van der Waals surface area (Å²) >= 11 is 0. The Hall–Kier alpha value is -3.08. The Morgan fingerprint density at radius 1 is 0.909 bits per heavy atom. The van der Waals surface area contributed by atoms with Crippen LogP contribution >= 0.6 is 0 Å². The molecule has 0 radical (unpaired) electrons. The molecule has 13 heteroatoms. The van der Waals surface area contributed by atoms with E-state index in [1.54, 1.807) is 0 Å². The summed E-state index contributed by atoms with van der Waals surface area (Å²) in [5.41, 5.74) is -1.46. The predicted molar refractivity (Wildman–Crippen MR) is 207 cm³/mol. The van der Waals surface area contributed by atoms with Crippen LogP contribution in [0.25, 0.3) is 11.3 Å². The molecule has 0 aliphatic heterocycles. The molecular weight excluding hydrogens is 735 g/mol. The number of carboxylic acid groups (broad SMARTS) is 1. The van der Waals surface area contributed by atoms with Crippen molar-refractivity contribution in [1.29, 1.82) is 5.26 Å². The van der Waals surface area contributed by atoms with Gasteiger partial charge in [0, 0.05) is 12.2 Å². The number of pyridine rings is 1. The van der Waals surface area contributed by atoms with Gasteiger partial charge in [0.25, 0.3) is 0 Å². The van der Waals surface area contributed by atoms with Crippen molar-refractivity contribution in [2.45, 2.75) is 170 Å². The Kier molecular flexibility index (Phi) is 19.6. The zero-order valence-electron chi connectivity index (χ0n) is 32.6. The highest BCUT2D eigenvalue weighted by Gasteiger charge is 2.48. The van der Waals surface area contributed by atoms with Crippen LogP contribution in [0.4, 0.5) is 17.6 Å². The number of rotatable bonds is 24. The molecule has 2 saturated carbocycles. The van der Waals surface area contributed by atoms with Gasteiger partial charge in [0.1, 0.15) is 11.4 Å². The fraction of sp³-hybridized carbons (Fsp3) is 0.690. The van der Waals surface area contributed by atoms with E-state index < -0.39 is 55.5 Å². The second kappa shape index (κ2) is 23.2. The van der Waals surface area contributed by atoms with Crippen molar-refractivity contribution in [1.82, 2.24) is 10.3 Å². The van der Waals surface area contributed by atoms with Gasteiger partial charge in [0.15, 0.2) is 9.84 Å². The van der Waals surface area contributed by atoms with Gasteiger partial charge in [-0.25, -0.2) is 12.8 Å². The lowest BCUT2D eigenvalue weighted by atomic mass is 10.1. The van der Waals surface area contributed by atoms with Gasteiger partial charge in [-0.15, -0.1) is 0 Å². The average Bonchev–Trinajstić information content (AvgIpc) is 3.81. The molecule has 2 aromatic rings. The number of hydrogen-bond donors (Lipinski definition) is 2. The topological polar surface area (TPSA) is 129 Å². The van der Waals surface area contributed by atoms with Crippen LogP contribution in [-0.4, -0.2) is 54.5 Å². The van der Waals surface area contributed by atoms with Crippen molar-refractivity contribution < 1.29 is 40.6 Å². The van der Waals surface area contributed by atoms with Crippen LogP contribution in [0, 0.1) is 23.1 Å². The monoisotopic (exact) mass is 795 g/mol. The van der Waals surface area contributed by atoms with Crippen LogP contribution in [0.5, 0.6) is 0 Å². The summed E-state index contributed by atoms with van der Waals surface area (Å²) in [6, 6.07) is 7.32. The number of nitrogens with one attached hydrogen (secondary N) is 1. The smallest absolute Gasteiger partial charge is 0.417 e. The molecule has 308 valence electrons. The molecule has 1 heterocycles. The summed E-state index contributed by atoms with van der Waals surface area (Å²) in [7, 11) is -4.55. The van der Waals surface area contributed by atoms with E-state index in [-0.39, 0.29) is 36.2 Å². The lowest BCUT2D eigenvalue weighted by molar-refractivity contribution is -0.146. The minimum atomic E-state index is -5.00. The number of alkyl halides is 3. The van der Waals surface area contributed by atoms with Gasteiger partial charge in [-0.05, 0) is 69.3 Å². The number of hydrogen-bond acceptors (Lipinski definition) is 7. The molecule has 1 aromatic heterocycles. The molecule has 3 atom stereocenters. The molecule has 0 saturated heterocycles. The third-order valence-electron chi connectivity index (χ3n) is 10.6. The molecule has 55 heavy (non-hydrogen) atoms. The van der Waals surface area contributed by atoms with E-state index in [0.717, 1.165) is 57.0 Å². The maximum absolute atomic E-state index is 14.0. The minimum absolute atomic E-state index is 0.0253. The van der Waals surface area contributed by atoms with Gasteiger partial charge in [-0.1, -0.05) is 110 Å². The fourth-order valence-electron chi connectivity index (χ4n) is 7.05. The number of sulfone groups is 1. The molecule has 8 nitrogen and oxygen atoms in total. The standard InChI is InChI=1S/C28H35F4NO5S.C14H26N2/c1-2-3-4-5-6-7-8-9-14-38-25-17-21(16-22(25)27(34)35)39(36,37)26-13-10-19(15-23(26)28(30,31)32)24-12-11-20(29)18-33-24;1-2-3-4-5-6-7-8-9-12-16-14(13-15)10-11-14/h10-13,15,18,21-22,25H,2-9,14,16-17H2,1H3,(H,34,35);16H,2-12H2,1H3/t21-,22-,25-;/m1./s1. The highest BCUT2D eigenvalue weighted by Crippen LogP contribution is 2.42. The first-order chi connectivity index (χ1) is 26.3. The maximum Gasteiger partial charge on any atom is 0.417 e. The molecule has 0 unspecified atom stereocenters. The van der Waals surface area contributed by atoms with Crippen LogP contribution in [0.2, 0.25) is 0 Å². The number of unbranched alkanes of at least 4 members (excludes halogenated alkanes) is 14. The molecule has 2 aliphatic carbocycles. The highest BCUT2D eigenvalue weighted by atomic mass is 32.2. The van der Waals surface area contributed by atoms with Gasteiger partial charge in [-0.3, -0.25) is 15.1 Å². The molecule has 2 N–H and O–H groups in total. The number of aliphatic carboxylic acids is 1. The quantitative estimate of drug-likeness (QED) is 0.0793. The number of aromatic nitrogens is 1. The summed E-state index contributed by atoms with van der Waals surface area (Å²) < 4.78 is 87.8. The summed E-state index contributed by atoms with van der Waals surface area (Å²) in [6.45, 7) is 5.71. The number of carboxylic acids is 1. The number of carbonyl (C=O) groups is 1. The maximum atomic E-state index is 14.0. The lowest BCUT2D eigenvalue weighted by Gasteiger charge is -2.18. The number of ether oxygens (including phenoxy) is 1. The predicted octanol–water partition coefficient (Wildman–Crippen LogP) is 10.8. The second-order valence-corrected chi connectivity index (χ2v) is 17.3. The van der Waals surface area contributed by atoms with Crippen molar-refractivity contribution in [3.63, 3.8) is 0 Å². The van der Waals surface area contributed by atoms with Crippen molar-refractivity contribution in [2.24, 2.45) is 5.92 Å². The van der Waals surface area contributed by atoms with Gasteiger partial charge >= 0.3 is 12.1 Å². The Balaban J connectivity index is 0.000000424. The van der Waals surface area contributed by atoms with Crippen molar-refractivity contribution in [2.75, 3.05) is 13.2 Å². The van der Waals surface area contributed by atoms with E-state index in [2.05, 4.69) is 30.2 Å². The summed E-state index contributed by atoms with van der Waals surface area (Å²) in [6.07, 6.45) is 15.9. The molecular formula is C42H61F4N3O5S. The normalized spacial score (nSPS) is 19.0.